The van der Waals surface area contributed by atoms with Crippen LogP contribution in [0.3, 0.4) is 0 Å². The summed E-state index contributed by atoms with van der Waals surface area (Å²) < 4.78 is 2.27. The van der Waals surface area contributed by atoms with Gasteiger partial charge in [0.15, 0.2) is 5.17 Å². The van der Waals surface area contributed by atoms with Gasteiger partial charge in [0, 0.05) is 35.6 Å². The Balaban J connectivity index is 1.63. The lowest BCUT2D eigenvalue weighted by molar-refractivity contribution is 0.254. The summed E-state index contributed by atoms with van der Waals surface area (Å²) in [6.45, 7) is 8.73. The molecule has 0 radical (unpaired) electrons. The summed E-state index contributed by atoms with van der Waals surface area (Å²) in [5.74, 6) is 2.08. The van der Waals surface area contributed by atoms with E-state index in [9.17, 15) is 0 Å². The predicted octanol–water partition coefficient (Wildman–Crippen LogP) is 5.17. The van der Waals surface area contributed by atoms with Crippen molar-refractivity contribution in [1.29, 1.82) is 0 Å². The van der Waals surface area contributed by atoms with Crippen molar-refractivity contribution >= 4 is 16.9 Å². The fourth-order valence-electron chi connectivity index (χ4n) is 4.72. The molecular formula is C24H27N5S. The fraction of sp³-hybridized carbons (Fsp3) is 0.375. The first kappa shape index (κ1) is 19.4. The van der Waals surface area contributed by atoms with E-state index in [0.29, 0.717) is 6.04 Å². The third kappa shape index (κ3) is 3.05. The topological polar surface area (TPSA) is 46.3 Å². The molecule has 1 saturated heterocycles. The van der Waals surface area contributed by atoms with Crippen LogP contribution < -0.4 is 0 Å². The van der Waals surface area contributed by atoms with E-state index < -0.39 is 0 Å². The molecule has 0 unspecified atom stereocenters. The molecular weight excluding hydrogens is 390 g/mol. The van der Waals surface area contributed by atoms with Gasteiger partial charge >= 0.3 is 0 Å². The lowest BCUT2D eigenvalue weighted by Gasteiger charge is -2.32. The number of hydrogen-bond acceptors (Lipinski definition) is 5. The van der Waals surface area contributed by atoms with Gasteiger partial charge in [-0.2, -0.15) is 0 Å². The summed E-state index contributed by atoms with van der Waals surface area (Å²) in [5.41, 5.74) is 5.97. The maximum atomic E-state index is 5.16. The summed E-state index contributed by atoms with van der Waals surface area (Å²) >= 11 is 1.89. The lowest BCUT2D eigenvalue weighted by atomic mass is 9.95. The molecule has 0 aliphatic carbocycles. The molecule has 0 N–H and O–H groups in total. The van der Waals surface area contributed by atoms with Crippen molar-refractivity contribution < 1.29 is 0 Å². The maximum absolute atomic E-state index is 5.16. The Hall–Kier alpha value is -2.60. The number of pyridine rings is 2. The Kier molecular flexibility index (Phi) is 4.89. The van der Waals surface area contributed by atoms with E-state index in [-0.39, 0.29) is 12.1 Å². The molecule has 6 heteroatoms. The summed E-state index contributed by atoms with van der Waals surface area (Å²) in [5, 5.41) is 1.17. The third-order valence-corrected chi connectivity index (χ3v) is 7.37. The molecule has 1 fully saturated rings. The van der Waals surface area contributed by atoms with Gasteiger partial charge in [-0.05, 0) is 62.6 Å². The average Bonchev–Trinajstić information content (AvgIpc) is 3.41. The molecule has 5 nitrogen and oxygen atoms in total. The molecule has 2 aliphatic heterocycles. The van der Waals surface area contributed by atoms with Gasteiger partial charge in [-0.1, -0.05) is 30.8 Å². The highest BCUT2D eigenvalue weighted by atomic mass is 32.2. The average molecular weight is 418 g/mol. The Bertz CT molecular complexity index is 1090. The third-order valence-electron chi connectivity index (χ3n) is 6.24. The highest BCUT2D eigenvalue weighted by Gasteiger charge is 2.46. The van der Waals surface area contributed by atoms with Crippen LogP contribution in [-0.2, 0) is 0 Å². The van der Waals surface area contributed by atoms with Crippen molar-refractivity contribution in [3.05, 3.63) is 77.0 Å². The van der Waals surface area contributed by atoms with Gasteiger partial charge in [0.25, 0.3) is 0 Å². The van der Waals surface area contributed by atoms with Crippen LogP contribution in [0.5, 0.6) is 0 Å². The second-order valence-electron chi connectivity index (χ2n) is 8.19. The van der Waals surface area contributed by atoms with Gasteiger partial charge in [0.1, 0.15) is 11.9 Å². The number of aryl methyl sites for hydroxylation is 2. The van der Waals surface area contributed by atoms with Crippen molar-refractivity contribution in [2.75, 3.05) is 5.75 Å². The van der Waals surface area contributed by atoms with E-state index >= 15 is 0 Å². The second kappa shape index (κ2) is 7.58. The zero-order chi connectivity index (χ0) is 20.8. The number of thioether (sulfide) groups is 1. The Morgan fingerprint density at radius 3 is 2.67 bits per heavy atom. The first-order valence-corrected chi connectivity index (χ1v) is 11.6. The molecule has 0 bridgehead atoms. The molecule has 3 aromatic heterocycles. The van der Waals surface area contributed by atoms with Crippen LogP contribution >= 0.6 is 11.8 Å². The first-order valence-electron chi connectivity index (χ1n) is 10.6. The smallest absolute Gasteiger partial charge is 0.160 e. The molecule has 3 atom stereocenters. The van der Waals surface area contributed by atoms with Crippen molar-refractivity contribution in [2.24, 2.45) is 4.99 Å². The number of aromatic nitrogens is 3. The largest absolute Gasteiger partial charge is 0.338 e. The van der Waals surface area contributed by atoms with Crippen molar-refractivity contribution in [2.45, 2.75) is 52.2 Å². The summed E-state index contributed by atoms with van der Waals surface area (Å²) in [6.07, 6.45) is 4.93. The second-order valence-corrected chi connectivity index (χ2v) is 9.18. The molecule has 3 aromatic rings. The van der Waals surface area contributed by atoms with Gasteiger partial charge in [0.05, 0.1) is 11.7 Å². The number of aliphatic imine (C=N–C) groups is 1. The van der Waals surface area contributed by atoms with E-state index in [2.05, 4.69) is 77.5 Å². The fourth-order valence-corrected chi connectivity index (χ4v) is 6.06. The van der Waals surface area contributed by atoms with Gasteiger partial charge in [-0.25, -0.2) is 4.98 Å². The molecule has 5 heterocycles. The Morgan fingerprint density at radius 1 is 1.10 bits per heavy atom. The van der Waals surface area contributed by atoms with Crippen LogP contribution in [0, 0.1) is 20.8 Å². The number of amidine groups is 1. The molecule has 0 saturated carbocycles. The van der Waals surface area contributed by atoms with Crippen LogP contribution in [0.2, 0.25) is 0 Å². The number of hydrogen-bond donors (Lipinski definition) is 0. The van der Waals surface area contributed by atoms with Crippen LogP contribution in [0.15, 0.2) is 53.8 Å². The van der Waals surface area contributed by atoms with Gasteiger partial charge in [-0.3, -0.25) is 9.98 Å². The van der Waals surface area contributed by atoms with Crippen molar-refractivity contribution in [1.82, 2.24) is 19.4 Å². The summed E-state index contributed by atoms with van der Waals surface area (Å²) in [6, 6.07) is 13.4. The molecule has 154 valence electrons. The standard InChI is InChI=1S/C24H27N5S/c1-5-18-14-30-24-27-22(20-8-6-7-11-25-20)23(29(18)24)19-12-16(3)28(17(19)4)21-10-9-15(2)13-26-21/h6-13,18,22-23H,5,14H2,1-4H3/t18-,22+,23+/m1/s1. The Morgan fingerprint density at radius 2 is 1.97 bits per heavy atom. The molecule has 5 rings (SSSR count). The van der Waals surface area contributed by atoms with E-state index in [1.165, 1.54) is 27.7 Å². The molecule has 0 aromatic carbocycles. The number of fused-ring (bicyclic) bond motifs is 1. The normalized spacial score (nSPS) is 23.0. The van der Waals surface area contributed by atoms with E-state index in [4.69, 9.17) is 4.99 Å². The molecule has 0 spiro atoms. The van der Waals surface area contributed by atoms with Crippen molar-refractivity contribution in [3.63, 3.8) is 0 Å². The zero-order valence-electron chi connectivity index (χ0n) is 17.9. The summed E-state index contributed by atoms with van der Waals surface area (Å²) in [4.78, 5) is 17.1. The minimum atomic E-state index is 0.0166. The highest BCUT2D eigenvalue weighted by molar-refractivity contribution is 8.14. The zero-order valence-corrected chi connectivity index (χ0v) is 18.7. The number of rotatable bonds is 4. The molecule has 2 aliphatic rings. The predicted molar refractivity (Wildman–Crippen MR) is 123 cm³/mol. The van der Waals surface area contributed by atoms with Gasteiger partial charge in [0.2, 0.25) is 0 Å². The van der Waals surface area contributed by atoms with Crippen LogP contribution in [-0.4, -0.2) is 36.4 Å². The summed E-state index contributed by atoms with van der Waals surface area (Å²) in [7, 11) is 0. The maximum Gasteiger partial charge on any atom is 0.160 e. The van der Waals surface area contributed by atoms with Crippen LogP contribution in [0.4, 0.5) is 0 Å². The Labute approximate surface area is 182 Å². The lowest BCUT2D eigenvalue weighted by Crippen LogP contribution is -2.35. The number of nitrogens with zero attached hydrogens (tertiary/aromatic N) is 5. The molecule has 0 amide bonds. The molecule has 30 heavy (non-hydrogen) atoms. The van der Waals surface area contributed by atoms with Crippen LogP contribution in [0.1, 0.15) is 53.6 Å². The van der Waals surface area contributed by atoms with E-state index in [1.807, 2.05) is 30.2 Å². The SMILES string of the molecule is CC[C@@H]1CSC2=N[C@@H](c3ccccn3)[C@H](c3cc(C)n(-c4ccc(C)cn4)c3C)N21. The van der Waals surface area contributed by atoms with E-state index in [0.717, 1.165) is 23.7 Å². The highest BCUT2D eigenvalue weighted by Crippen LogP contribution is 2.49. The van der Waals surface area contributed by atoms with Crippen molar-refractivity contribution in [3.8, 4) is 5.82 Å². The van der Waals surface area contributed by atoms with E-state index in [1.54, 1.807) is 0 Å². The van der Waals surface area contributed by atoms with Gasteiger partial charge in [-0.15, -0.1) is 0 Å². The minimum Gasteiger partial charge on any atom is -0.338 e. The van der Waals surface area contributed by atoms with Crippen LogP contribution in [0.25, 0.3) is 5.82 Å². The monoisotopic (exact) mass is 417 g/mol. The minimum absolute atomic E-state index is 0.0166. The quantitative estimate of drug-likeness (QED) is 0.587. The first-order chi connectivity index (χ1) is 14.6. The van der Waals surface area contributed by atoms with Gasteiger partial charge < -0.3 is 9.47 Å².